The molecule has 0 spiro atoms. The summed E-state index contributed by atoms with van der Waals surface area (Å²) in [5.41, 5.74) is 0.960. The highest BCUT2D eigenvalue weighted by atomic mass is 16.6. The van der Waals surface area contributed by atoms with Crippen molar-refractivity contribution in [1.29, 1.82) is 0 Å². The van der Waals surface area contributed by atoms with Gasteiger partial charge in [0.15, 0.2) is 0 Å². The molecule has 3 nitrogen and oxygen atoms in total. The molecule has 0 bridgehead atoms. The lowest BCUT2D eigenvalue weighted by molar-refractivity contribution is 0.100. The van der Waals surface area contributed by atoms with Gasteiger partial charge in [-0.3, -0.25) is 0 Å². The first kappa shape index (κ1) is 12.0. The lowest BCUT2D eigenvalue weighted by atomic mass is 10.2. The first-order valence-electron chi connectivity index (χ1n) is 4.56. The molecule has 0 aromatic rings. The zero-order chi connectivity index (χ0) is 10.4. The first-order chi connectivity index (χ1) is 5.99. The van der Waals surface area contributed by atoms with Gasteiger partial charge in [-0.1, -0.05) is 12.2 Å². The van der Waals surface area contributed by atoms with E-state index >= 15 is 0 Å². The standard InChI is InChI=1S/C10H19NO2/c1-6-13-10(12)11(9(4)5)7-8(2)3/h9H,2,6-7H2,1,3-5H3. The van der Waals surface area contributed by atoms with Crippen LogP contribution in [0.1, 0.15) is 27.7 Å². The van der Waals surface area contributed by atoms with Gasteiger partial charge in [0, 0.05) is 12.6 Å². The third kappa shape index (κ3) is 4.55. The van der Waals surface area contributed by atoms with E-state index in [0.29, 0.717) is 13.2 Å². The number of amides is 1. The van der Waals surface area contributed by atoms with E-state index in [1.165, 1.54) is 0 Å². The topological polar surface area (TPSA) is 29.5 Å². The molecule has 13 heavy (non-hydrogen) atoms. The number of hydrogen-bond acceptors (Lipinski definition) is 2. The third-order valence-corrected chi connectivity index (χ3v) is 1.57. The van der Waals surface area contributed by atoms with Gasteiger partial charge in [0.05, 0.1) is 6.61 Å². The molecular formula is C10H19NO2. The summed E-state index contributed by atoms with van der Waals surface area (Å²) in [4.78, 5) is 13.0. The molecule has 0 aliphatic rings. The largest absolute Gasteiger partial charge is 0.450 e. The van der Waals surface area contributed by atoms with E-state index in [1.807, 2.05) is 20.8 Å². The number of carbonyl (C=O) groups is 1. The van der Waals surface area contributed by atoms with Crippen LogP contribution in [0.15, 0.2) is 12.2 Å². The molecule has 3 heteroatoms. The molecule has 1 amide bonds. The van der Waals surface area contributed by atoms with Gasteiger partial charge in [0.1, 0.15) is 0 Å². The van der Waals surface area contributed by atoms with Crippen molar-refractivity contribution in [2.24, 2.45) is 0 Å². The van der Waals surface area contributed by atoms with Crippen LogP contribution in [0.2, 0.25) is 0 Å². The van der Waals surface area contributed by atoms with Gasteiger partial charge in [-0.15, -0.1) is 0 Å². The van der Waals surface area contributed by atoms with Crippen molar-refractivity contribution in [2.45, 2.75) is 33.7 Å². The molecule has 0 aliphatic carbocycles. The Morgan fingerprint density at radius 1 is 1.54 bits per heavy atom. The second kappa shape index (κ2) is 5.62. The van der Waals surface area contributed by atoms with Gasteiger partial charge >= 0.3 is 6.09 Å². The highest BCUT2D eigenvalue weighted by Crippen LogP contribution is 2.04. The number of rotatable bonds is 4. The zero-order valence-electron chi connectivity index (χ0n) is 8.96. The van der Waals surface area contributed by atoms with Crippen LogP contribution >= 0.6 is 0 Å². The average molecular weight is 185 g/mol. The van der Waals surface area contributed by atoms with Crippen molar-refractivity contribution in [3.63, 3.8) is 0 Å². The third-order valence-electron chi connectivity index (χ3n) is 1.57. The van der Waals surface area contributed by atoms with Crippen LogP contribution < -0.4 is 0 Å². The second-order valence-electron chi connectivity index (χ2n) is 3.38. The molecule has 0 saturated carbocycles. The quantitative estimate of drug-likeness (QED) is 0.629. The monoisotopic (exact) mass is 185 g/mol. The Kier molecular flexibility index (Phi) is 5.19. The van der Waals surface area contributed by atoms with Crippen molar-refractivity contribution < 1.29 is 9.53 Å². The summed E-state index contributed by atoms with van der Waals surface area (Å²) < 4.78 is 4.91. The Hall–Kier alpha value is -0.990. The van der Waals surface area contributed by atoms with E-state index in [4.69, 9.17) is 4.74 Å². The fourth-order valence-corrected chi connectivity index (χ4v) is 0.955. The summed E-state index contributed by atoms with van der Waals surface area (Å²) in [6.45, 7) is 12.4. The number of nitrogens with zero attached hydrogens (tertiary/aromatic N) is 1. The maximum absolute atomic E-state index is 11.4. The molecule has 0 fully saturated rings. The molecule has 0 unspecified atom stereocenters. The smallest absolute Gasteiger partial charge is 0.410 e. The van der Waals surface area contributed by atoms with Crippen LogP contribution in [-0.2, 0) is 4.74 Å². The van der Waals surface area contributed by atoms with Gasteiger partial charge in [0.2, 0.25) is 0 Å². The van der Waals surface area contributed by atoms with Crippen LogP contribution in [0.3, 0.4) is 0 Å². The average Bonchev–Trinajstić information content (AvgIpc) is 1.99. The van der Waals surface area contributed by atoms with Gasteiger partial charge in [-0.2, -0.15) is 0 Å². The van der Waals surface area contributed by atoms with Gasteiger partial charge < -0.3 is 9.64 Å². The minimum Gasteiger partial charge on any atom is -0.450 e. The van der Waals surface area contributed by atoms with Crippen LogP contribution in [0, 0.1) is 0 Å². The number of carbonyl (C=O) groups excluding carboxylic acids is 1. The summed E-state index contributed by atoms with van der Waals surface area (Å²) >= 11 is 0. The lowest BCUT2D eigenvalue weighted by Crippen LogP contribution is -2.38. The summed E-state index contributed by atoms with van der Waals surface area (Å²) in [6, 6.07) is 0.149. The van der Waals surface area contributed by atoms with Gasteiger partial charge in [-0.05, 0) is 27.7 Å². The van der Waals surface area contributed by atoms with Crippen LogP contribution in [0.25, 0.3) is 0 Å². The van der Waals surface area contributed by atoms with E-state index in [0.717, 1.165) is 5.57 Å². The van der Waals surface area contributed by atoms with Crippen LogP contribution in [0.4, 0.5) is 4.79 Å². The highest BCUT2D eigenvalue weighted by molar-refractivity contribution is 5.68. The van der Waals surface area contributed by atoms with Gasteiger partial charge in [-0.25, -0.2) is 4.79 Å². The molecule has 76 valence electrons. The van der Waals surface area contributed by atoms with Crippen molar-refractivity contribution in [1.82, 2.24) is 4.90 Å². The van der Waals surface area contributed by atoms with Crippen molar-refractivity contribution in [3.8, 4) is 0 Å². The molecule has 0 aromatic heterocycles. The fourth-order valence-electron chi connectivity index (χ4n) is 0.955. The summed E-state index contributed by atoms with van der Waals surface area (Å²) in [6.07, 6.45) is -0.263. The predicted molar refractivity (Wildman–Crippen MR) is 53.7 cm³/mol. The maximum Gasteiger partial charge on any atom is 0.410 e. The van der Waals surface area contributed by atoms with Crippen molar-refractivity contribution >= 4 is 6.09 Å². The Labute approximate surface area is 80.4 Å². The molecule has 0 N–H and O–H groups in total. The Morgan fingerprint density at radius 2 is 2.08 bits per heavy atom. The van der Waals surface area contributed by atoms with E-state index in [-0.39, 0.29) is 12.1 Å². The van der Waals surface area contributed by atoms with E-state index in [9.17, 15) is 4.79 Å². The van der Waals surface area contributed by atoms with E-state index < -0.39 is 0 Å². The molecule has 0 aromatic carbocycles. The summed E-state index contributed by atoms with van der Waals surface area (Å²) in [7, 11) is 0. The highest BCUT2D eigenvalue weighted by Gasteiger charge is 2.17. The minimum absolute atomic E-state index is 0.149. The SMILES string of the molecule is C=C(C)CN(C(=O)OCC)C(C)C. The molecule has 0 atom stereocenters. The Morgan fingerprint density at radius 3 is 2.38 bits per heavy atom. The van der Waals surface area contributed by atoms with E-state index in [1.54, 1.807) is 11.8 Å². The maximum atomic E-state index is 11.4. The molecule has 0 radical (unpaired) electrons. The molecular weight excluding hydrogens is 166 g/mol. The lowest BCUT2D eigenvalue weighted by Gasteiger charge is -2.25. The van der Waals surface area contributed by atoms with E-state index in [2.05, 4.69) is 6.58 Å². The normalized spacial score (nSPS) is 9.92. The van der Waals surface area contributed by atoms with Crippen molar-refractivity contribution in [2.75, 3.05) is 13.2 Å². The second-order valence-corrected chi connectivity index (χ2v) is 3.38. The summed E-state index contributed by atoms with van der Waals surface area (Å²) in [5, 5.41) is 0. The number of ether oxygens (including phenoxy) is 1. The first-order valence-corrected chi connectivity index (χ1v) is 4.56. The number of hydrogen-bond donors (Lipinski definition) is 0. The molecule has 0 rings (SSSR count). The van der Waals surface area contributed by atoms with Crippen LogP contribution in [0.5, 0.6) is 0 Å². The van der Waals surface area contributed by atoms with Crippen molar-refractivity contribution in [3.05, 3.63) is 12.2 Å². The van der Waals surface area contributed by atoms with Gasteiger partial charge in [0.25, 0.3) is 0 Å². The Balaban J connectivity index is 4.24. The fraction of sp³-hybridized carbons (Fsp3) is 0.700. The molecule has 0 saturated heterocycles. The predicted octanol–water partition coefficient (Wildman–Crippen LogP) is 2.43. The Bertz CT molecular complexity index is 187. The molecule has 0 aliphatic heterocycles. The van der Waals surface area contributed by atoms with Crippen LogP contribution in [-0.4, -0.2) is 30.2 Å². The zero-order valence-corrected chi connectivity index (χ0v) is 8.96. The minimum atomic E-state index is -0.263. The summed E-state index contributed by atoms with van der Waals surface area (Å²) in [5.74, 6) is 0. The molecule has 0 heterocycles.